The normalized spacial score (nSPS) is 36.4. The first-order valence-electron chi connectivity index (χ1n) is 9.49. The summed E-state index contributed by atoms with van der Waals surface area (Å²) in [5, 5.41) is 18.7. The summed E-state index contributed by atoms with van der Waals surface area (Å²) in [6.45, 7) is 8.75. The first kappa shape index (κ1) is 20.4. The molecule has 5 atom stereocenters. The number of ether oxygens (including phenoxy) is 1. The lowest BCUT2D eigenvalue weighted by molar-refractivity contribution is -0.149. The van der Waals surface area contributed by atoms with Gasteiger partial charge in [-0.2, -0.15) is 0 Å². The molecule has 0 spiro atoms. The SMILES string of the molecule is CCC1CC(O)CC1CC.CCOC(=O)[C@H]1C[C@@H](O)C[C@H]1CC. The van der Waals surface area contributed by atoms with E-state index < -0.39 is 0 Å². The minimum Gasteiger partial charge on any atom is -0.466 e. The molecule has 4 nitrogen and oxygen atoms in total. The molecule has 4 heteroatoms. The second-order valence-corrected chi connectivity index (χ2v) is 7.11. The first-order chi connectivity index (χ1) is 11.0. The lowest BCUT2D eigenvalue weighted by atomic mass is 9.92. The van der Waals surface area contributed by atoms with E-state index in [9.17, 15) is 15.0 Å². The number of aliphatic hydroxyl groups is 2. The Hall–Kier alpha value is -0.610. The number of carbonyl (C=O) groups excluding carboxylic acids is 1. The molecule has 0 amide bonds. The van der Waals surface area contributed by atoms with Gasteiger partial charge in [-0.05, 0) is 50.4 Å². The zero-order valence-corrected chi connectivity index (χ0v) is 15.3. The predicted molar refractivity (Wildman–Crippen MR) is 91.9 cm³/mol. The molecule has 0 bridgehead atoms. The van der Waals surface area contributed by atoms with Crippen molar-refractivity contribution in [3.63, 3.8) is 0 Å². The summed E-state index contributed by atoms with van der Waals surface area (Å²) in [7, 11) is 0. The maximum atomic E-state index is 11.4. The second-order valence-electron chi connectivity index (χ2n) is 7.11. The van der Waals surface area contributed by atoms with Gasteiger partial charge in [-0.25, -0.2) is 0 Å². The van der Waals surface area contributed by atoms with Crippen molar-refractivity contribution >= 4 is 5.97 Å². The fourth-order valence-electron chi connectivity index (χ4n) is 4.26. The maximum absolute atomic E-state index is 11.4. The Morgan fingerprint density at radius 1 is 0.826 bits per heavy atom. The van der Waals surface area contributed by atoms with E-state index in [1.807, 2.05) is 6.92 Å². The average molecular weight is 328 g/mol. The highest BCUT2D eigenvalue weighted by Crippen LogP contribution is 2.36. The molecule has 0 saturated heterocycles. The third kappa shape index (κ3) is 6.07. The standard InChI is InChI=1S/C10H18O3.C9H18O/c1-3-7-5-8(11)6-9(7)10(12)13-4-2;1-3-7-5-9(10)6-8(7)4-2/h7-9,11H,3-6H2,1-2H3;7-10H,3-6H2,1-2H3/t7-,8+,9+;/m1./s1. The fraction of sp³-hybridized carbons (Fsp3) is 0.947. The van der Waals surface area contributed by atoms with E-state index in [-0.39, 0.29) is 24.1 Å². The molecule has 2 N–H and O–H groups in total. The molecule has 2 fully saturated rings. The number of hydrogen-bond acceptors (Lipinski definition) is 4. The monoisotopic (exact) mass is 328 g/mol. The number of esters is 1. The van der Waals surface area contributed by atoms with Crippen molar-refractivity contribution in [3.8, 4) is 0 Å². The lowest BCUT2D eigenvalue weighted by Gasteiger charge is -2.15. The van der Waals surface area contributed by atoms with E-state index in [2.05, 4.69) is 20.8 Å². The summed E-state index contributed by atoms with van der Waals surface area (Å²) in [4.78, 5) is 11.4. The molecule has 2 unspecified atom stereocenters. The molecule has 23 heavy (non-hydrogen) atoms. The van der Waals surface area contributed by atoms with Gasteiger partial charge in [-0.3, -0.25) is 4.79 Å². The highest BCUT2D eigenvalue weighted by molar-refractivity contribution is 5.73. The Kier molecular flexibility index (Phi) is 9.15. The van der Waals surface area contributed by atoms with Crippen LogP contribution in [0.4, 0.5) is 0 Å². The van der Waals surface area contributed by atoms with Gasteiger partial charge >= 0.3 is 5.97 Å². The molecular weight excluding hydrogens is 292 g/mol. The molecule has 0 aromatic carbocycles. The van der Waals surface area contributed by atoms with E-state index in [0.717, 1.165) is 37.5 Å². The van der Waals surface area contributed by atoms with Crippen LogP contribution in [0.2, 0.25) is 0 Å². The molecule has 2 rings (SSSR count). The fourth-order valence-corrected chi connectivity index (χ4v) is 4.26. The van der Waals surface area contributed by atoms with Crippen LogP contribution in [-0.4, -0.2) is 35.0 Å². The third-order valence-corrected chi connectivity index (χ3v) is 5.65. The molecule has 2 aliphatic carbocycles. The Balaban J connectivity index is 0.000000238. The molecule has 0 aromatic rings. The van der Waals surface area contributed by atoms with E-state index in [1.165, 1.54) is 12.8 Å². The van der Waals surface area contributed by atoms with Gasteiger partial charge in [0.15, 0.2) is 0 Å². The summed E-state index contributed by atoms with van der Waals surface area (Å²) in [5.74, 6) is 1.72. The van der Waals surface area contributed by atoms with Gasteiger partial charge < -0.3 is 14.9 Å². The van der Waals surface area contributed by atoms with Crippen LogP contribution < -0.4 is 0 Å². The van der Waals surface area contributed by atoms with Crippen LogP contribution in [-0.2, 0) is 9.53 Å². The topological polar surface area (TPSA) is 66.8 Å². The summed E-state index contributed by atoms with van der Waals surface area (Å²) < 4.78 is 4.96. The zero-order chi connectivity index (χ0) is 17.4. The van der Waals surface area contributed by atoms with Crippen molar-refractivity contribution < 1.29 is 19.7 Å². The smallest absolute Gasteiger partial charge is 0.309 e. The predicted octanol–water partition coefficient (Wildman–Crippen LogP) is 3.54. The number of aliphatic hydroxyl groups excluding tert-OH is 2. The molecular formula is C19H36O4. The second kappa shape index (κ2) is 10.3. The van der Waals surface area contributed by atoms with Crippen LogP contribution in [0.1, 0.15) is 72.6 Å². The Labute approximate surface area is 141 Å². The van der Waals surface area contributed by atoms with Crippen molar-refractivity contribution in [2.75, 3.05) is 6.61 Å². The number of rotatable bonds is 5. The molecule has 0 heterocycles. The molecule has 0 aromatic heterocycles. The van der Waals surface area contributed by atoms with Gasteiger partial charge in [0.05, 0.1) is 24.7 Å². The van der Waals surface area contributed by atoms with Gasteiger partial charge in [0, 0.05) is 0 Å². The highest BCUT2D eigenvalue weighted by atomic mass is 16.5. The minimum absolute atomic E-state index is 0.00917. The molecule has 136 valence electrons. The Morgan fingerprint density at radius 3 is 1.70 bits per heavy atom. The molecule has 2 saturated carbocycles. The van der Waals surface area contributed by atoms with Gasteiger partial charge in [0.2, 0.25) is 0 Å². The van der Waals surface area contributed by atoms with E-state index in [4.69, 9.17) is 4.74 Å². The zero-order valence-electron chi connectivity index (χ0n) is 15.3. The Morgan fingerprint density at radius 2 is 1.26 bits per heavy atom. The summed E-state index contributed by atoms with van der Waals surface area (Å²) in [6, 6.07) is 0. The third-order valence-electron chi connectivity index (χ3n) is 5.65. The highest BCUT2D eigenvalue weighted by Gasteiger charge is 2.37. The van der Waals surface area contributed by atoms with Crippen LogP contribution in [0.25, 0.3) is 0 Å². The quantitative estimate of drug-likeness (QED) is 0.758. The van der Waals surface area contributed by atoms with Crippen molar-refractivity contribution in [3.05, 3.63) is 0 Å². The van der Waals surface area contributed by atoms with Gasteiger partial charge in [-0.1, -0.05) is 40.0 Å². The van der Waals surface area contributed by atoms with Crippen molar-refractivity contribution in [1.82, 2.24) is 0 Å². The minimum atomic E-state index is -0.306. The summed E-state index contributed by atoms with van der Waals surface area (Å²) >= 11 is 0. The van der Waals surface area contributed by atoms with Gasteiger partial charge in [-0.15, -0.1) is 0 Å². The Bertz CT molecular complexity index is 332. The van der Waals surface area contributed by atoms with Crippen LogP contribution >= 0.6 is 0 Å². The van der Waals surface area contributed by atoms with Gasteiger partial charge in [0.1, 0.15) is 0 Å². The number of carbonyl (C=O) groups is 1. The van der Waals surface area contributed by atoms with Crippen molar-refractivity contribution in [2.24, 2.45) is 23.7 Å². The van der Waals surface area contributed by atoms with Crippen molar-refractivity contribution in [1.29, 1.82) is 0 Å². The van der Waals surface area contributed by atoms with Crippen molar-refractivity contribution in [2.45, 2.75) is 84.8 Å². The van der Waals surface area contributed by atoms with Crippen LogP contribution in [0, 0.1) is 23.7 Å². The maximum Gasteiger partial charge on any atom is 0.309 e. The van der Waals surface area contributed by atoms with Gasteiger partial charge in [0.25, 0.3) is 0 Å². The first-order valence-corrected chi connectivity index (χ1v) is 9.49. The average Bonchev–Trinajstić information content (AvgIpc) is 3.10. The van der Waals surface area contributed by atoms with E-state index in [1.54, 1.807) is 0 Å². The summed E-state index contributed by atoms with van der Waals surface area (Å²) in [5.41, 5.74) is 0. The molecule has 2 aliphatic rings. The van der Waals surface area contributed by atoms with E-state index >= 15 is 0 Å². The molecule has 0 radical (unpaired) electrons. The molecule has 0 aliphatic heterocycles. The van der Waals surface area contributed by atoms with Crippen LogP contribution in [0.15, 0.2) is 0 Å². The van der Waals surface area contributed by atoms with Crippen LogP contribution in [0.3, 0.4) is 0 Å². The summed E-state index contributed by atoms with van der Waals surface area (Å²) in [6.07, 6.45) is 6.57. The van der Waals surface area contributed by atoms with E-state index in [0.29, 0.717) is 18.9 Å². The largest absolute Gasteiger partial charge is 0.466 e. The van der Waals surface area contributed by atoms with Crippen LogP contribution in [0.5, 0.6) is 0 Å². The lowest BCUT2D eigenvalue weighted by Crippen LogP contribution is -2.21. The number of hydrogen-bond donors (Lipinski definition) is 2.